The molecule has 0 aromatic carbocycles. The Morgan fingerprint density at radius 1 is 1.00 bits per heavy atom. The molecule has 178 valence electrons. The van der Waals surface area contributed by atoms with Gasteiger partial charge in [0.2, 0.25) is 0 Å². The van der Waals surface area contributed by atoms with Crippen molar-refractivity contribution in [2.45, 2.75) is 39.2 Å². The van der Waals surface area contributed by atoms with Crippen molar-refractivity contribution >= 4 is 41.5 Å². The van der Waals surface area contributed by atoms with Gasteiger partial charge in [0.15, 0.2) is 6.10 Å². The first-order chi connectivity index (χ1) is 15.0. The van der Waals surface area contributed by atoms with Gasteiger partial charge in [0.05, 0.1) is 0 Å². The number of hydrogen-bond acceptors (Lipinski definition) is 12. The minimum absolute atomic E-state index is 0.0929. The zero-order valence-electron chi connectivity index (χ0n) is 18.0. The number of nitrogens with one attached hydrogen (secondary N) is 1. The van der Waals surface area contributed by atoms with Crippen LogP contribution in [0.2, 0.25) is 0 Å². The van der Waals surface area contributed by atoms with Gasteiger partial charge in [-0.15, -0.1) is 0 Å². The molecule has 0 bridgehead atoms. The maximum atomic E-state index is 11.2. The van der Waals surface area contributed by atoms with Crippen molar-refractivity contribution in [3.63, 3.8) is 0 Å². The van der Waals surface area contributed by atoms with Gasteiger partial charge in [0, 0.05) is 46.0 Å². The van der Waals surface area contributed by atoms with Gasteiger partial charge in [-0.3, -0.25) is 28.9 Å². The fourth-order valence-corrected chi connectivity index (χ4v) is 2.01. The first kappa shape index (κ1) is 28.2. The van der Waals surface area contributed by atoms with Gasteiger partial charge < -0.3 is 34.8 Å². The van der Waals surface area contributed by atoms with E-state index in [0.717, 1.165) is 4.90 Å². The summed E-state index contributed by atoms with van der Waals surface area (Å²) in [4.78, 5) is 58.9. The number of ether oxygens (including phenoxy) is 3. The fraction of sp³-hybridized carbons (Fsp3) is 0.526. The molecule has 1 atom stereocenters. The van der Waals surface area contributed by atoms with E-state index in [9.17, 15) is 34.2 Å². The number of amides is 2. The smallest absolute Gasteiger partial charge is 0.306 e. The van der Waals surface area contributed by atoms with Crippen LogP contribution in [0.4, 0.5) is 0 Å². The van der Waals surface area contributed by atoms with Crippen LogP contribution in [0.5, 0.6) is 0 Å². The predicted octanol–water partition coefficient (Wildman–Crippen LogP) is -2.17. The standard InChI is InChI=1S/C11H17NO7.C8H10N2O3/c1-7(13)17-5-9(19-8(2)14)6-18-11(16)4-3-10(12)15;1-9-6(11)4-5-10-7(12)2-3-8(10)13/h9H,3-6H2,1-2H3,(H2,12,15);2-3H,4-5H2,1H3,(H,9,11)/p-2. The second-order valence-electron chi connectivity index (χ2n) is 6.17. The molecule has 32 heavy (non-hydrogen) atoms. The molecule has 0 radical (unpaired) electrons. The van der Waals surface area contributed by atoms with E-state index >= 15 is 0 Å². The molecule has 1 heterocycles. The van der Waals surface area contributed by atoms with E-state index in [1.807, 2.05) is 0 Å². The van der Waals surface area contributed by atoms with E-state index in [4.69, 9.17) is 14.9 Å². The van der Waals surface area contributed by atoms with Crippen LogP contribution in [0.15, 0.2) is 17.1 Å². The summed E-state index contributed by atoms with van der Waals surface area (Å²) in [6.45, 7) is 1.97. The Morgan fingerprint density at radius 3 is 2.03 bits per heavy atom. The number of rotatable bonds is 11. The number of aliphatic imine (C=N–C) groups is 1. The van der Waals surface area contributed by atoms with Crippen molar-refractivity contribution in [2.75, 3.05) is 26.8 Å². The van der Waals surface area contributed by atoms with Gasteiger partial charge in [-0.1, -0.05) is 0 Å². The molecule has 13 heteroatoms. The van der Waals surface area contributed by atoms with Gasteiger partial charge in [0.1, 0.15) is 13.2 Å². The number of hydrogen-bond donors (Lipinski definition) is 1. The van der Waals surface area contributed by atoms with E-state index in [-0.39, 0.29) is 56.7 Å². The summed E-state index contributed by atoms with van der Waals surface area (Å²) in [7, 11) is 1.38. The van der Waals surface area contributed by atoms with Crippen molar-refractivity contribution in [1.82, 2.24) is 4.90 Å². The van der Waals surface area contributed by atoms with Crippen molar-refractivity contribution in [2.24, 2.45) is 4.99 Å². The molecule has 0 aliphatic carbocycles. The number of nitrogens with zero attached hydrogens (tertiary/aromatic N) is 2. The summed E-state index contributed by atoms with van der Waals surface area (Å²) in [6.07, 6.45) is 1.13. The van der Waals surface area contributed by atoms with E-state index in [0.29, 0.717) is 0 Å². The lowest BCUT2D eigenvalue weighted by Gasteiger charge is -2.16. The summed E-state index contributed by atoms with van der Waals surface area (Å²) >= 11 is 0. The molecule has 1 aliphatic rings. The van der Waals surface area contributed by atoms with Crippen molar-refractivity contribution in [3.05, 3.63) is 12.2 Å². The SMILES string of the molecule is CC(=O)OCC(COC(=O)CCC(=N)[O-])OC(C)=O.CN=C([O-])CCN1C(=O)C=CC1=O. The van der Waals surface area contributed by atoms with Crippen LogP contribution < -0.4 is 10.2 Å². The second kappa shape index (κ2) is 15.1. The van der Waals surface area contributed by atoms with Crippen molar-refractivity contribution in [3.8, 4) is 0 Å². The van der Waals surface area contributed by atoms with Gasteiger partial charge in [-0.2, -0.15) is 0 Å². The van der Waals surface area contributed by atoms with E-state index in [2.05, 4.69) is 9.73 Å². The zero-order chi connectivity index (χ0) is 24.7. The monoisotopic (exact) mass is 455 g/mol. The van der Waals surface area contributed by atoms with Gasteiger partial charge >= 0.3 is 17.9 Å². The Bertz CT molecular complexity index is 757. The molecule has 0 saturated carbocycles. The Morgan fingerprint density at radius 2 is 1.56 bits per heavy atom. The Kier molecular flexibility index (Phi) is 13.3. The van der Waals surface area contributed by atoms with Crippen LogP contribution in [0.3, 0.4) is 0 Å². The number of carbonyl (C=O) groups excluding carboxylic acids is 5. The van der Waals surface area contributed by atoms with Crippen LogP contribution in [0.25, 0.3) is 0 Å². The molecule has 0 fully saturated rings. The quantitative estimate of drug-likeness (QED) is 0.118. The highest BCUT2D eigenvalue weighted by Crippen LogP contribution is 2.03. The molecule has 13 nitrogen and oxygen atoms in total. The molecule has 1 rings (SSSR count). The average Bonchev–Trinajstić information content (AvgIpc) is 3.04. The Balaban J connectivity index is 0.000000641. The third-order valence-corrected chi connectivity index (χ3v) is 3.49. The van der Waals surface area contributed by atoms with Gasteiger partial charge in [0.25, 0.3) is 11.8 Å². The summed E-state index contributed by atoms with van der Waals surface area (Å²) < 4.78 is 14.2. The lowest BCUT2D eigenvalue weighted by Crippen LogP contribution is -2.34. The molecule has 1 N–H and O–H groups in total. The molecule has 0 spiro atoms. The van der Waals surface area contributed by atoms with E-state index in [1.165, 1.54) is 33.0 Å². The molecule has 0 saturated heterocycles. The fourth-order valence-electron chi connectivity index (χ4n) is 2.01. The summed E-state index contributed by atoms with van der Waals surface area (Å²) in [5.74, 6) is -3.76. The first-order valence-electron chi connectivity index (χ1n) is 9.33. The van der Waals surface area contributed by atoms with Gasteiger partial charge in [-0.25, -0.2) is 0 Å². The largest absolute Gasteiger partial charge is 0.862 e. The maximum Gasteiger partial charge on any atom is 0.306 e. The molecular weight excluding hydrogens is 430 g/mol. The molecule has 2 amide bonds. The highest BCUT2D eigenvalue weighted by molar-refractivity contribution is 6.13. The van der Waals surface area contributed by atoms with Gasteiger partial charge in [-0.05, 0) is 24.6 Å². The number of esters is 3. The van der Waals surface area contributed by atoms with E-state index in [1.54, 1.807) is 0 Å². The summed E-state index contributed by atoms with van der Waals surface area (Å²) in [5, 5.41) is 27.7. The molecule has 1 unspecified atom stereocenters. The molecule has 0 aromatic heterocycles. The van der Waals surface area contributed by atoms with Crippen LogP contribution >= 0.6 is 0 Å². The second-order valence-corrected chi connectivity index (χ2v) is 6.17. The minimum atomic E-state index is -0.892. The lowest BCUT2D eigenvalue weighted by atomic mass is 10.3. The minimum Gasteiger partial charge on any atom is -0.862 e. The average molecular weight is 455 g/mol. The summed E-state index contributed by atoms with van der Waals surface area (Å²) in [5.41, 5.74) is 0. The van der Waals surface area contributed by atoms with Crippen LogP contribution in [0, 0.1) is 5.41 Å². The lowest BCUT2D eigenvalue weighted by molar-refractivity contribution is -0.221. The molecule has 0 aromatic rings. The predicted molar refractivity (Wildman–Crippen MR) is 104 cm³/mol. The molecule has 1 aliphatic heterocycles. The van der Waals surface area contributed by atoms with Crippen molar-refractivity contribution < 1.29 is 48.4 Å². The van der Waals surface area contributed by atoms with Crippen LogP contribution in [-0.2, 0) is 38.2 Å². The third-order valence-electron chi connectivity index (χ3n) is 3.49. The Hall–Kier alpha value is -3.77. The number of carbonyl (C=O) groups is 5. The van der Waals surface area contributed by atoms with E-state index < -0.39 is 29.9 Å². The summed E-state index contributed by atoms with van der Waals surface area (Å²) in [6, 6.07) is 0. The highest BCUT2D eigenvalue weighted by atomic mass is 16.6. The maximum absolute atomic E-state index is 11.2. The number of imide groups is 1. The normalized spacial score (nSPS) is 13.7. The first-order valence-corrected chi connectivity index (χ1v) is 9.33. The molecular formula is C19H25N3O10-2. The van der Waals surface area contributed by atoms with Crippen LogP contribution in [-0.4, -0.2) is 79.3 Å². The van der Waals surface area contributed by atoms with Crippen molar-refractivity contribution in [1.29, 1.82) is 5.41 Å². The topological polar surface area (TPSA) is 199 Å². The van der Waals surface area contributed by atoms with Crippen LogP contribution in [0.1, 0.15) is 33.1 Å². The third kappa shape index (κ3) is 13.5. The highest BCUT2D eigenvalue weighted by Gasteiger charge is 2.22. The zero-order valence-corrected chi connectivity index (χ0v) is 18.0. The Labute approximate surface area is 184 Å².